The van der Waals surface area contributed by atoms with E-state index >= 15 is 0 Å². The van der Waals surface area contributed by atoms with Crippen molar-refractivity contribution in [2.24, 2.45) is 5.92 Å². The highest BCUT2D eigenvalue weighted by Crippen LogP contribution is 2.34. The van der Waals surface area contributed by atoms with Crippen molar-refractivity contribution in [2.75, 3.05) is 19.6 Å². The lowest BCUT2D eigenvalue weighted by molar-refractivity contribution is -0.141. The molecule has 2 fully saturated rings. The van der Waals surface area contributed by atoms with E-state index in [2.05, 4.69) is 5.32 Å². The summed E-state index contributed by atoms with van der Waals surface area (Å²) in [6.45, 7) is 3.91. The topological polar surface area (TPSA) is 86.7 Å². The molecule has 2 unspecified atom stereocenters. The molecule has 0 bridgehead atoms. The summed E-state index contributed by atoms with van der Waals surface area (Å²) in [7, 11) is -3.52. The van der Waals surface area contributed by atoms with Gasteiger partial charge in [0, 0.05) is 12.6 Å². The van der Waals surface area contributed by atoms with Gasteiger partial charge in [-0.05, 0) is 38.8 Å². The summed E-state index contributed by atoms with van der Waals surface area (Å²) in [5.74, 6) is -1.71. The molecular formula is C13H24N2O4S. The van der Waals surface area contributed by atoms with Crippen LogP contribution in [-0.4, -0.2) is 54.7 Å². The summed E-state index contributed by atoms with van der Waals surface area (Å²) in [6.07, 6.45) is 3.24. The van der Waals surface area contributed by atoms with Gasteiger partial charge in [0.15, 0.2) is 0 Å². The fraction of sp³-hybridized carbons (Fsp3) is 0.923. The minimum Gasteiger partial charge on any atom is -0.481 e. The number of carboxylic acids is 1. The Labute approximate surface area is 120 Å². The van der Waals surface area contributed by atoms with Gasteiger partial charge in [-0.3, -0.25) is 4.79 Å². The molecule has 1 saturated carbocycles. The number of rotatable bonds is 5. The zero-order chi connectivity index (χ0) is 14.8. The molecule has 0 amide bonds. The maximum absolute atomic E-state index is 12.8. The second-order valence-electron chi connectivity index (χ2n) is 5.64. The summed E-state index contributed by atoms with van der Waals surface area (Å²) in [4.78, 5) is 11.3. The largest absolute Gasteiger partial charge is 0.481 e. The molecular weight excluding hydrogens is 280 g/mol. The highest BCUT2D eigenvalue weighted by atomic mass is 32.2. The molecule has 6 nitrogen and oxygen atoms in total. The number of sulfonamides is 1. The molecule has 2 N–H and O–H groups in total. The van der Waals surface area contributed by atoms with E-state index in [4.69, 9.17) is 0 Å². The van der Waals surface area contributed by atoms with Crippen LogP contribution in [0.4, 0.5) is 0 Å². The van der Waals surface area contributed by atoms with E-state index in [1.54, 1.807) is 4.31 Å². The van der Waals surface area contributed by atoms with Crippen LogP contribution in [0.5, 0.6) is 0 Å². The average molecular weight is 304 g/mol. The highest BCUT2D eigenvalue weighted by Gasteiger charge is 2.45. The molecule has 2 atom stereocenters. The van der Waals surface area contributed by atoms with Crippen molar-refractivity contribution in [3.8, 4) is 0 Å². The number of aliphatic carboxylic acids is 1. The van der Waals surface area contributed by atoms with Crippen LogP contribution in [0.15, 0.2) is 0 Å². The molecule has 2 aliphatic rings. The van der Waals surface area contributed by atoms with E-state index in [1.165, 1.54) is 0 Å². The standard InChI is InChI=1S/C13H24N2O4S/c1-2-15(10-6-8-14-9-7-10)20(18,19)12-5-3-4-11(12)13(16)17/h10-12,14H,2-9H2,1H3,(H,16,17). The number of hydrogen-bond acceptors (Lipinski definition) is 4. The van der Waals surface area contributed by atoms with Gasteiger partial charge >= 0.3 is 5.97 Å². The Balaban J connectivity index is 2.20. The van der Waals surface area contributed by atoms with Gasteiger partial charge < -0.3 is 10.4 Å². The van der Waals surface area contributed by atoms with E-state index < -0.39 is 27.2 Å². The van der Waals surface area contributed by atoms with Crippen LogP contribution in [0.3, 0.4) is 0 Å². The predicted octanol–water partition coefficient (Wildman–Crippen LogP) is 0.643. The Hall–Kier alpha value is -0.660. The van der Waals surface area contributed by atoms with E-state index in [0.29, 0.717) is 25.8 Å². The fourth-order valence-corrected chi connectivity index (χ4v) is 5.95. The van der Waals surface area contributed by atoms with Gasteiger partial charge in [-0.15, -0.1) is 0 Å². The molecule has 0 spiro atoms. The SMILES string of the molecule is CCN(C1CCNCC1)S(=O)(=O)C1CCCC1C(=O)O. The van der Waals surface area contributed by atoms with E-state index in [9.17, 15) is 18.3 Å². The van der Waals surface area contributed by atoms with Crippen LogP contribution in [0.25, 0.3) is 0 Å². The smallest absolute Gasteiger partial charge is 0.307 e. The van der Waals surface area contributed by atoms with Crippen LogP contribution in [0.1, 0.15) is 39.0 Å². The molecule has 7 heteroatoms. The molecule has 1 aliphatic carbocycles. The minimum atomic E-state index is -3.52. The zero-order valence-electron chi connectivity index (χ0n) is 11.9. The first-order chi connectivity index (χ1) is 9.48. The summed E-state index contributed by atoms with van der Waals surface area (Å²) < 4.78 is 27.2. The average Bonchev–Trinajstić information content (AvgIpc) is 2.90. The zero-order valence-corrected chi connectivity index (χ0v) is 12.7. The second kappa shape index (κ2) is 6.41. The van der Waals surface area contributed by atoms with Crippen molar-refractivity contribution in [1.82, 2.24) is 9.62 Å². The van der Waals surface area contributed by atoms with Gasteiger partial charge in [-0.1, -0.05) is 13.3 Å². The first kappa shape index (κ1) is 15.7. The van der Waals surface area contributed by atoms with Crippen molar-refractivity contribution in [3.05, 3.63) is 0 Å². The molecule has 0 aromatic carbocycles. The highest BCUT2D eigenvalue weighted by molar-refractivity contribution is 7.89. The number of nitrogens with one attached hydrogen (secondary N) is 1. The molecule has 20 heavy (non-hydrogen) atoms. The van der Waals surface area contributed by atoms with Gasteiger partial charge in [0.25, 0.3) is 0 Å². The third-order valence-electron chi connectivity index (χ3n) is 4.51. The maximum Gasteiger partial charge on any atom is 0.307 e. The molecule has 116 valence electrons. The normalized spacial score (nSPS) is 28.9. The lowest BCUT2D eigenvalue weighted by Gasteiger charge is -2.35. The van der Waals surface area contributed by atoms with Crippen LogP contribution >= 0.6 is 0 Å². The predicted molar refractivity (Wildman–Crippen MR) is 76.0 cm³/mol. The van der Waals surface area contributed by atoms with E-state index in [-0.39, 0.29) is 6.04 Å². The Morgan fingerprint density at radius 1 is 1.25 bits per heavy atom. The number of carboxylic acid groups (broad SMARTS) is 1. The van der Waals surface area contributed by atoms with Gasteiger partial charge in [-0.2, -0.15) is 4.31 Å². The van der Waals surface area contributed by atoms with Crippen LogP contribution in [0.2, 0.25) is 0 Å². The number of piperidine rings is 1. The Kier molecular flexibility index (Phi) is 5.04. The maximum atomic E-state index is 12.8. The second-order valence-corrected chi connectivity index (χ2v) is 7.75. The van der Waals surface area contributed by atoms with Crippen LogP contribution in [-0.2, 0) is 14.8 Å². The van der Waals surface area contributed by atoms with Crippen molar-refractivity contribution < 1.29 is 18.3 Å². The molecule has 0 radical (unpaired) electrons. The summed E-state index contributed by atoms with van der Waals surface area (Å²) in [6, 6.07) is 0.0151. The van der Waals surface area contributed by atoms with E-state index in [0.717, 1.165) is 25.9 Å². The number of hydrogen-bond donors (Lipinski definition) is 2. The van der Waals surface area contributed by atoms with Gasteiger partial charge in [0.2, 0.25) is 10.0 Å². The molecule has 1 saturated heterocycles. The summed E-state index contributed by atoms with van der Waals surface area (Å²) >= 11 is 0. The van der Waals surface area contributed by atoms with Crippen LogP contribution in [0, 0.1) is 5.92 Å². The van der Waals surface area contributed by atoms with Crippen LogP contribution < -0.4 is 5.32 Å². The van der Waals surface area contributed by atoms with Gasteiger partial charge in [-0.25, -0.2) is 8.42 Å². The molecule has 0 aromatic heterocycles. The van der Waals surface area contributed by atoms with Crippen molar-refractivity contribution in [2.45, 2.75) is 50.3 Å². The van der Waals surface area contributed by atoms with E-state index in [1.807, 2.05) is 6.92 Å². The summed E-state index contributed by atoms with van der Waals surface area (Å²) in [5.41, 5.74) is 0. The monoisotopic (exact) mass is 304 g/mol. The molecule has 0 aromatic rings. The Bertz CT molecular complexity index is 445. The third-order valence-corrected chi connectivity index (χ3v) is 7.05. The number of carbonyl (C=O) groups is 1. The van der Waals surface area contributed by atoms with Crippen molar-refractivity contribution >= 4 is 16.0 Å². The van der Waals surface area contributed by atoms with Gasteiger partial charge in [0.1, 0.15) is 0 Å². The molecule has 2 rings (SSSR count). The number of nitrogens with zero attached hydrogens (tertiary/aromatic N) is 1. The molecule has 1 aliphatic heterocycles. The fourth-order valence-electron chi connectivity index (χ4n) is 3.48. The Morgan fingerprint density at radius 2 is 1.90 bits per heavy atom. The quantitative estimate of drug-likeness (QED) is 0.778. The van der Waals surface area contributed by atoms with Gasteiger partial charge in [0.05, 0.1) is 11.2 Å². The summed E-state index contributed by atoms with van der Waals surface area (Å²) in [5, 5.41) is 11.7. The Morgan fingerprint density at radius 3 is 2.45 bits per heavy atom. The third kappa shape index (κ3) is 2.99. The first-order valence-corrected chi connectivity index (χ1v) is 8.93. The van der Waals surface area contributed by atoms with Crippen molar-refractivity contribution in [3.63, 3.8) is 0 Å². The first-order valence-electron chi connectivity index (χ1n) is 7.42. The minimum absolute atomic E-state index is 0.0151. The lowest BCUT2D eigenvalue weighted by Crippen LogP contribution is -2.50. The van der Waals surface area contributed by atoms with Crippen molar-refractivity contribution in [1.29, 1.82) is 0 Å². The lowest BCUT2D eigenvalue weighted by atomic mass is 10.1. The molecule has 1 heterocycles.